The van der Waals surface area contributed by atoms with Crippen LogP contribution < -0.4 is 5.73 Å². The fourth-order valence-corrected chi connectivity index (χ4v) is 2.71. The Bertz CT molecular complexity index is 587. The molecule has 0 aliphatic carbocycles. The maximum atomic E-state index is 9.33. The molecule has 1 aromatic heterocycles. The molecule has 0 amide bonds. The van der Waals surface area contributed by atoms with Gasteiger partial charge in [0, 0.05) is 11.4 Å². The number of aliphatic hydroxyl groups is 1. The summed E-state index contributed by atoms with van der Waals surface area (Å²) in [5.41, 5.74) is 6.86. The molecule has 0 spiro atoms. The van der Waals surface area contributed by atoms with Crippen molar-refractivity contribution in [2.75, 3.05) is 18.9 Å². The van der Waals surface area contributed by atoms with E-state index < -0.39 is 0 Å². The minimum absolute atomic E-state index is 0.197. The van der Waals surface area contributed by atoms with E-state index in [0.717, 1.165) is 36.1 Å². The third kappa shape index (κ3) is 2.39. The van der Waals surface area contributed by atoms with Gasteiger partial charge in [-0.1, -0.05) is 12.1 Å². The van der Waals surface area contributed by atoms with Crippen molar-refractivity contribution < 1.29 is 5.11 Å². The first kappa shape index (κ1) is 12.3. The molecule has 3 N–H and O–H groups in total. The molecular weight excluding hydrogens is 240 g/mol. The first-order valence-electron chi connectivity index (χ1n) is 6.64. The molecule has 2 heterocycles. The quantitative estimate of drug-likeness (QED) is 0.864. The highest BCUT2D eigenvalue weighted by Crippen LogP contribution is 2.21. The molecule has 0 saturated carbocycles. The summed E-state index contributed by atoms with van der Waals surface area (Å²) in [5.74, 6) is 1.26. The average Bonchev–Trinajstić information content (AvgIpc) is 2.86. The Morgan fingerprint density at radius 3 is 3.00 bits per heavy atom. The molecule has 0 unspecified atom stereocenters. The Morgan fingerprint density at radius 1 is 1.32 bits per heavy atom. The predicted octanol–water partition coefficient (Wildman–Crippen LogP) is 1.17. The van der Waals surface area contributed by atoms with Gasteiger partial charge in [0.25, 0.3) is 0 Å². The molecule has 1 fully saturated rings. The number of aliphatic hydroxyl groups excluding tert-OH is 1. The van der Waals surface area contributed by atoms with E-state index in [9.17, 15) is 5.11 Å². The number of likely N-dealkylation sites (tertiary alicyclic amines) is 1. The molecule has 0 radical (unpaired) electrons. The number of nitrogens with zero attached hydrogens (tertiary/aromatic N) is 3. The molecule has 1 aliphatic rings. The van der Waals surface area contributed by atoms with Crippen molar-refractivity contribution in [2.24, 2.45) is 0 Å². The fraction of sp³-hybridized carbons (Fsp3) is 0.429. The van der Waals surface area contributed by atoms with E-state index in [-0.39, 0.29) is 12.6 Å². The van der Waals surface area contributed by atoms with Crippen molar-refractivity contribution in [1.82, 2.24) is 14.9 Å². The van der Waals surface area contributed by atoms with Gasteiger partial charge in [-0.15, -0.1) is 0 Å². The van der Waals surface area contributed by atoms with Crippen molar-refractivity contribution in [1.29, 1.82) is 0 Å². The Balaban J connectivity index is 1.89. The fourth-order valence-electron chi connectivity index (χ4n) is 2.71. The van der Waals surface area contributed by atoms with E-state index in [2.05, 4.69) is 14.9 Å². The smallest absolute Gasteiger partial charge is 0.145 e. The number of aromatic nitrogens is 2. The standard InChI is InChI=1S/C14H18N4O/c15-14-11-5-1-2-6-12(11)16-13(17-14)8-18-7-3-4-10(18)9-19/h1-2,5-6,10,19H,3-4,7-9H2,(H2,15,16,17)/t10-/m1/s1. The summed E-state index contributed by atoms with van der Waals surface area (Å²) in [6.07, 6.45) is 2.16. The summed E-state index contributed by atoms with van der Waals surface area (Å²) in [6, 6.07) is 8.00. The van der Waals surface area contributed by atoms with Crippen LogP contribution >= 0.6 is 0 Å². The summed E-state index contributed by atoms with van der Waals surface area (Å²) in [6.45, 7) is 1.84. The zero-order chi connectivity index (χ0) is 13.2. The normalized spacial score (nSPS) is 20.2. The van der Waals surface area contributed by atoms with Gasteiger partial charge in [0.2, 0.25) is 0 Å². The molecule has 1 atom stereocenters. The lowest BCUT2D eigenvalue weighted by Crippen LogP contribution is -2.32. The molecule has 19 heavy (non-hydrogen) atoms. The maximum Gasteiger partial charge on any atom is 0.145 e. The Kier molecular flexibility index (Phi) is 3.31. The van der Waals surface area contributed by atoms with E-state index in [1.54, 1.807) is 0 Å². The van der Waals surface area contributed by atoms with Crippen LogP contribution in [0.3, 0.4) is 0 Å². The molecule has 100 valence electrons. The van der Waals surface area contributed by atoms with Crippen LogP contribution in [0.5, 0.6) is 0 Å². The van der Waals surface area contributed by atoms with Crippen molar-refractivity contribution in [3.8, 4) is 0 Å². The van der Waals surface area contributed by atoms with Crippen LogP contribution in [0.2, 0.25) is 0 Å². The van der Waals surface area contributed by atoms with Crippen molar-refractivity contribution >= 4 is 16.7 Å². The highest BCUT2D eigenvalue weighted by molar-refractivity contribution is 5.87. The highest BCUT2D eigenvalue weighted by atomic mass is 16.3. The second-order valence-electron chi connectivity index (χ2n) is 4.99. The van der Waals surface area contributed by atoms with Crippen LogP contribution in [0.4, 0.5) is 5.82 Å². The largest absolute Gasteiger partial charge is 0.395 e. The first-order valence-corrected chi connectivity index (χ1v) is 6.64. The average molecular weight is 258 g/mol. The molecule has 5 nitrogen and oxygen atoms in total. The number of fused-ring (bicyclic) bond motifs is 1. The molecular formula is C14H18N4O. The second-order valence-corrected chi connectivity index (χ2v) is 4.99. The summed E-state index contributed by atoms with van der Waals surface area (Å²) < 4.78 is 0. The van der Waals surface area contributed by atoms with Crippen LogP contribution in [0.15, 0.2) is 24.3 Å². The van der Waals surface area contributed by atoms with Crippen LogP contribution in [-0.2, 0) is 6.54 Å². The van der Waals surface area contributed by atoms with Gasteiger partial charge < -0.3 is 10.8 Å². The van der Waals surface area contributed by atoms with Gasteiger partial charge in [-0.2, -0.15) is 0 Å². The van der Waals surface area contributed by atoms with E-state index in [1.807, 2.05) is 24.3 Å². The van der Waals surface area contributed by atoms with Crippen molar-refractivity contribution in [3.63, 3.8) is 0 Å². The number of hydrogen-bond donors (Lipinski definition) is 2. The summed E-state index contributed by atoms with van der Waals surface area (Å²) in [4.78, 5) is 11.2. The van der Waals surface area contributed by atoms with Gasteiger partial charge in [0.15, 0.2) is 0 Å². The number of hydrogen-bond acceptors (Lipinski definition) is 5. The second kappa shape index (κ2) is 5.11. The molecule has 1 saturated heterocycles. The predicted molar refractivity (Wildman–Crippen MR) is 74.5 cm³/mol. The van der Waals surface area contributed by atoms with Crippen LogP contribution in [0.1, 0.15) is 18.7 Å². The third-order valence-electron chi connectivity index (χ3n) is 3.73. The lowest BCUT2D eigenvalue weighted by molar-refractivity contribution is 0.151. The molecule has 1 aliphatic heterocycles. The van der Waals surface area contributed by atoms with E-state index >= 15 is 0 Å². The number of benzene rings is 1. The first-order chi connectivity index (χ1) is 9.28. The number of rotatable bonds is 3. The molecule has 3 rings (SSSR count). The minimum Gasteiger partial charge on any atom is -0.395 e. The minimum atomic E-state index is 0.197. The monoisotopic (exact) mass is 258 g/mol. The van der Waals surface area contributed by atoms with Gasteiger partial charge in [0.1, 0.15) is 11.6 Å². The molecule has 1 aromatic carbocycles. The van der Waals surface area contributed by atoms with Gasteiger partial charge in [-0.25, -0.2) is 9.97 Å². The number of anilines is 1. The molecule has 5 heteroatoms. The zero-order valence-corrected chi connectivity index (χ0v) is 10.8. The van der Waals surface area contributed by atoms with Gasteiger partial charge >= 0.3 is 0 Å². The van der Waals surface area contributed by atoms with Gasteiger partial charge in [0.05, 0.1) is 18.7 Å². The van der Waals surface area contributed by atoms with E-state index in [1.165, 1.54) is 0 Å². The van der Waals surface area contributed by atoms with Gasteiger partial charge in [-0.3, -0.25) is 4.90 Å². The van der Waals surface area contributed by atoms with Crippen LogP contribution in [0.25, 0.3) is 10.9 Å². The topological polar surface area (TPSA) is 75.3 Å². The molecule has 2 aromatic rings. The summed E-state index contributed by atoms with van der Waals surface area (Å²) in [7, 11) is 0. The number of nitrogen functional groups attached to an aromatic ring is 1. The lowest BCUT2D eigenvalue weighted by atomic mass is 10.2. The molecule has 0 bridgehead atoms. The van der Waals surface area contributed by atoms with Gasteiger partial charge in [-0.05, 0) is 31.5 Å². The summed E-state index contributed by atoms with van der Waals surface area (Å²) >= 11 is 0. The van der Waals surface area contributed by atoms with Crippen molar-refractivity contribution in [3.05, 3.63) is 30.1 Å². The Hall–Kier alpha value is -1.72. The number of para-hydroxylation sites is 1. The van der Waals surface area contributed by atoms with Crippen LogP contribution in [0, 0.1) is 0 Å². The van der Waals surface area contributed by atoms with E-state index in [0.29, 0.717) is 12.4 Å². The zero-order valence-electron chi connectivity index (χ0n) is 10.8. The maximum absolute atomic E-state index is 9.33. The van der Waals surface area contributed by atoms with Crippen LogP contribution in [-0.4, -0.2) is 39.2 Å². The highest BCUT2D eigenvalue weighted by Gasteiger charge is 2.24. The van der Waals surface area contributed by atoms with Crippen molar-refractivity contribution in [2.45, 2.75) is 25.4 Å². The summed E-state index contributed by atoms with van der Waals surface area (Å²) in [5, 5.41) is 10.2. The van der Waals surface area contributed by atoms with E-state index in [4.69, 9.17) is 5.73 Å². The number of nitrogens with two attached hydrogens (primary N) is 1. The Labute approximate surface area is 112 Å². The third-order valence-corrected chi connectivity index (χ3v) is 3.73. The SMILES string of the molecule is Nc1nc(CN2CCC[C@@H]2CO)nc2ccccc12. The Morgan fingerprint density at radius 2 is 2.16 bits per heavy atom. The lowest BCUT2D eigenvalue weighted by Gasteiger charge is -2.21.